The molecule has 0 fully saturated rings. The van der Waals surface area contributed by atoms with Gasteiger partial charge in [-0.05, 0) is 47.9 Å². The Balaban J connectivity index is 0.000000245. The van der Waals surface area contributed by atoms with Crippen LogP contribution in [0.3, 0.4) is 0 Å². The van der Waals surface area contributed by atoms with Crippen molar-refractivity contribution in [1.29, 1.82) is 5.26 Å². The van der Waals surface area contributed by atoms with E-state index in [1.165, 1.54) is 16.8 Å². The molecule has 3 rings (SSSR count). The van der Waals surface area contributed by atoms with Gasteiger partial charge in [0, 0.05) is 24.5 Å². The van der Waals surface area contributed by atoms with Crippen molar-refractivity contribution >= 4 is 21.5 Å². The Morgan fingerprint density at radius 2 is 1.65 bits per heavy atom. The van der Waals surface area contributed by atoms with Crippen molar-refractivity contribution in [3.05, 3.63) is 95.6 Å². The normalized spacial score (nSPS) is 10.5. The van der Waals surface area contributed by atoms with Crippen LogP contribution in [0, 0.1) is 18.3 Å². The van der Waals surface area contributed by atoms with Crippen LogP contribution in [-0.2, 0) is 22.4 Å². The molecule has 0 atom stereocenters. The molecule has 0 aliphatic rings. The second kappa shape index (κ2) is 11.7. The third kappa shape index (κ3) is 9.34. The van der Waals surface area contributed by atoms with E-state index >= 15 is 0 Å². The first-order chi connectivity index (χ1) is 14.8. The van der Waals surface area contributed by atoms with E-state index < -0.39 is 10.1 Å². The fraction of sp³-hybridized carbons (Fsp3) is 0.208. The van der Waals surface area contributed by atoms with Crippen LogP contribution in [0.15, 0.2) is 78.9 Å². The number of aryl methyl sites for hydroxylation is 1. The van der Waals surface area contributed by atoms with Crippen LogP contribution >= 0.6 is 0 Å². The zero-order valence-electron chi connectivity index (χ0n) is 17.5. The Kier molecular flexibility index (Phi) is 9.07. The van der Waals surface area contributed by atoms with E-state index in [0.29, 0.717) is 17.7 Å². The summed E-state index contributed by atoms with van der Waals surface area (Å²) < 4.78 is 29.3. The molecule has 0 aliphatic carbocycles. The summed E-state index contributed by atoms with van der Waals surface area (Å²) in [5.74, 6) is -0.368. The van der Waals surface area contributed by atoms with Crippen molar-refractivity contribution in [2.45, 2.75) is 25.6 Å². The number of nitrogens with two attached hydrogens (primary N) is 1. The molecule has 3 N–H and O–H groups in total. The topological polar surface area (TPSA) is 107 Å². The largest absolute Gasteiger partial charge is 0.399 e. The summed E-state index contributed by atoms with van der Waals surface area (Å²) in [4.78, 5) is 2.26. The highest BCUT2D eigenvalue weighted by atomic mass is 32.2. The maximum absolute atomic E-state index is 10.4. The predicted octanol–water partition coefficient (Wildman–Crippen LogP) is 4.57. The van der Waals surface area contributed by atoms with E-state index in [9.17, 15) is 8.42 Å². The summed E-state index contributed by atoms with van der Waals surface area (Å²) in [5, 5.41) is 8.81. The lowest BCUT2D eigenvalue weighted by Gasteiger charge is -2.24. The zero-order valence-corrected chi connectivity index (χ0v) is 18.3. The molecule has 0 radical (unpaired) electrons. The monoisotopic (exact) mass is 437 g/mol. The molecule has 31 heavy (non-hydrogen) atoms. The number of anilines is 2. The van der Waals surface area contributed by atoms with E-state index in [0.717, 1.165) is 13.1 Å². The van der Waals surface area contributed by atoms with Crippen LogP contribution in [0.4, 0.5) is 11.4 Å². The average Bonchev–Trinajstić information content (AvgIpc) is 2.73. The SMILES string of the molecule is Cc1cccc(N(CCC#N)Cc2ccccc2)c1.Nc1ccc(CS(=O)(=O)O)cc1. The summed E-state index contributed by atoms with van der Waals surface area (Å²) in [6.07, 6.45) is 0.542. The fourth-order valence-corrected chi connectivity index (χ4v) is 3.55. The first-order valence-corrected chi connectivity index (χ1v) is 11.4. The van der Waals surface area contributed by atoms with Gasteiger partial charge in [-0.15, -0.1) is 0 Å². The molecule has 0 saturated heterocycles. The second-order valence-electron chi connectivity index (χ2n) is 7.12. The molecule has 3 aromatic rings. The van der Waals surface area contributed by atoms with Crippen LogP contribution in [0.25, 0.3) is 0 Å². The molecule has 0 saturated carbocycles. The van der Waals surface area contributed by atoms with E-state index in [4.69, 9.17) is 15.5 Å². The number of benzene rings is 3. The Bertz CT molecular complexity index is 1090. The second-order valence-corrected chi connectivity index (χ2v) is 8.57. The van der Waals surface area contributed by atoms with Crippen molar-refractivity contribution in [3.8, 4) is 6.07 Å². The Morgan fingerprint density at radius 1 is 0.968 bits per heavy atom. The number of hydrogen-bond donors (Lipinski definition) is 2. The molecule has 0 aromatic heterocycles. The van der Waals surface area contributed by atoms with Gasteiger partial charge >= 0.3 is 0 Å². The summed E-state index contributed by atoms with van der Waals surface area (Å²) in [7, 11) is -3.93. The highest BCUT2D eigenvalue weighted by Gasteiger charge is 2.07. The van der Waals surface area contributed by atoms with Gasteiger partial charge in [0.15, 0.2) is 0 Å². The van der Waals surface area contributed by atoms with Gasteiger partial charge in [-0.3, -0.25) is 4.55 Å². The minimum Gasteiger partial charge on any atom is -0.399 e. The van der Waals surface area contributed by atoms with Crippen molar-refractivity contribution in [1.82, 2.24) is 0 Å². The van der Waals surface area contributed by atoms with Gasteiger partial charge < -0.3 is 10.6 Å². The smallest absolute Gasteiger partial charge is 0.269 e. The first-order valence-electron chi connectivity index (χ1n) is 9.79. The van der Waals surface area contributed by atoms with Crippen LogP contribution < -0.4 is 10.6 Å². The van der Waals surface area contributed by atoms with Crippen molar-refractivity contribution in [3.63, 3.8) is 0 Å². The zero-order chi connectivity index (χ0) is 22.7. The number of rotatable bonds is 7. The number of hydrogen-bond acceptors (Lipinski definition) is 5. The number of nitriles is 1. The molecule has 162 valence electrons. The van der Waals surface area contributed by atoms with Gasteiger partial charge in [-0.2, -0.15) is 13.7 Å². The minimum atomic E-state index is -3.93. The van der Waals surface area contributed by atoms with Gasteiger partial charge in [-0.25, -0.2) is 0 Å². The lowest BCUT2D eigenvalue weighted by atomic mass is 10.1. The Labute approximate surface area is 184 Å². The molecule has 0 heterocycles. The van der Waals surface area contributed by atoms with E-state index in [1.807, 2.05) is 18.2 Å². The number of nitrogens with zero attached hydrogens (tertiary/aromatic N) is 2. The molecule has 6 nitrogen and oxygen atoms in total. The lowest BCUT2D eigenvalue weighted by molar-refractivity contribution is 0.482. The molecular formula is C24H27N3O3S. The van der Waals surface area contributed by atoms with Crippen LogP contribution in [0.5, 0.6) is 0 Å². The van der Waals surface area contributed by atoms with E-state index in [1.54, 1.807) is 24.3 Å². The van der Waals surface area contributed by atoms with Gasteiger partial charge in [0.2, 0.25) is 0 Å². The van der Waals surface area contributed by atoms with E-state index in [-0.39, 0.29) is 5.75 Å². The third-order valence-corrected chi connectivity index (χ3v) is 5.10. The maximum atomic E-state index is 10.4. The van der Waals surface area contributed by atoms with Crippen LogP contribution in [0.1, 0.15) is 23.1 Å². The number of nitrogen functional groups attached to an aromatic ring is 1. The molecule has 3 aromatic carbocycles. The van der Waals surface area contributed by atoms with Crippen molar-refractivity contribution in [2.24, 2.45) is 0 Å². The summed E-state index contributed by atoms with van der Waals surface area (Å²) in [6, 6.07) is 27.3. The predicted molar refractivity (Wildman–Crippen MR) is 125 cm³/mol. The van der Waals surface area contributed by atoms with Gasteiger partial charge in [0.25, 0.3) is 10.1 Å². The van der Waals surface area contributed by atoms with E-state index in [2.05, 4.69) is 54.3 Å². The molecule has 0 amide bonds. The van der Waals surface area contributed by atoms with Crippen LogP contribution in [-0.4, -0.2) is 19.5 Å². The average molecular weight is 438 g/mol. The molecule has 0 bridgehead atoms. The first kappa shape index (κ1) is 23.9. The molecule has 7 heteroatoms. The maximum Gasteiger partial charge on any atom is 0.269 e. The van der Waals surface area contributed by atoms with Crippen molar-refractivity contribution in [2.75, 3.05) is 17.2 Å². The molecular weight excluding hydrogens is 410 g/mol. The fourth-order valence-electron chi connectivity index (χ4n) is 2.94. The van der Waals surface area contributed by atoms with Gasteiger partial charge in [-0.1, -0.05) is 54.6 Å². The minimum absolute atomic E-state index is 0.368. The highest BCUT2D eigenvalue weighted by Crippen LogP contribution is 2.19. The highest BCUT2D eigenvalue weighted by molar-refractivity contribution is 7.85. The molecule has 0 aliphatic heterocycles. The quantitative estimate of drug-likeness (QED) is 0.414. The Morgan fingerprint density at radius 3 is 2.23 bits per heavy atom. The van der Waals surface area contributed by atoms with Crippen LogP contribution in [0.2, 0.25) is 0 Å². The summed E-state index contributed by atoms with van der Waals surface area (Å²) in [6.45, 7) is 3.69. The van der Waals surface area contributed by atoms with Gasteiger partial charge in [0.1, 0.15) is 5.75 Å². The summed E-state index contributed by atoms with van der Waals surface area (Å²) >= 11 is 0. The summed E-state index contributed by atoms with van der Waals surface area (Å²) in [5.41, 5.74) is 10.2. The standard InChI is InChI=1S/C17H18N2.C7H9NO3S/c1-15-7-5-10-17(13-15)19(12-6-11-18)14-16-8-3-2-4-9-16;8-7-3-1-6(2-4-7)5-12(9,10)11/h2-5,7-10,13H,6,12,14H2,1H3;1-4H,5,8H2,(H,9,10,11). The van der Waals surface area contributed by atoms with Gasteiger partial charge in [0.05, 0.1) is 12.5 Å². The third-order valence-electron chi connectivity index (χ3n) is 4.41. The molecule has 0 spiro atoms. The van der Waals surface area contributed by atoms with Crippen molar-refractivity contribution < 1.29 is 13.0 Å². The Hall–Kier alpha value is -3.34. The lowest BCUT2D eigenvalue weighted by Crippen LogP contribution is -2.23. The molecule has 0 unspecified atom stereocenters.